The minimum absolute atomic E-state index is 0.531. The Hall–Kier alpha value is -3.80. The number of furan rings is 1. The first kappa shape index (κ1) is 18.6. The highest BCUT2D eigenvalue weighted by Gasteiger charge is 2.05. The van der Waals surface area contributed by atoms with Crippen LogP contribution >= 0.6 is 0 Å². The van der Waals surface area contributed by atoms with E-state index in [1.165, 1.54) is 0 Å². The van der Waals surface area contributed by atoms with Gasteiger partial charge in [-0.15, -0.1) is 0 Å². The molecule has 2 heterocycles. The van der Waals surface area contributed by atoms with Gasteiger partial charge in [-0.3, -0.25) is 0 Å². The largest absolute Gasteiger partial charge is 0.489 e. The lowest BCUT2D eigenvalue weighted by atomic mass is 10.2. The van der Waals surface area contributed by atoms with Crippen molar-refractivity contribution in [1.29, 1.82) is 0 Å². The zero-order valence-electron chi connectivity index (χ0n) is 16.1. The Kier molecular flexibility index (Phi) is 5.71. The topological polar surface area (TPSA) is 72.2 Å². The molecule has 0 saturated heterocycles. The van der Waals surface area contributed by atoms with Gasteiger partial charge < -0.3 is 19.8 Å². The van der Waals surface area contributed by atoms with Crippen LogP contribution in [0.1, 0.15) is 17.0 Å². The summed E-state index contributed by atoms with van der Waals surface area (Å²) in [5.41, 5.74) is 2.93. The minimum atomic E-state index is 0.531. The fraction of sp³-hybridized carbons (Fsp3) is 0.130. The van der Waals surface area contributed by atoms with E-state index >= 15 is 0 Å². The van der Waals surface area contributed by atoms with Gasteiger partial charge in [-0.2, -0.15) is 4.98 Å². The van der Waals surface area contributed by atoms with Crippen molar-refractivity contribution in [3.63, 3.8) is 0 Å². The summed E-state index contributed by atoms with van der Waals surface area (Å²) in [6.07, 6.45) is 1.65. The molecule has 6 heteroatoms. The summed E-state index contributed by atoms with van der Waals surface area (Å²) in [6.45, 7) is 3.01. The van der Waals surface area contributed by atoms with Gasteiger partial charge in [-0.1, -0.05) is 30.3 Å². The average molecular weight is 386 g/mol. The zero-order chi connectivity index (χ0) is 19.9. The quantitative estimate of drug-likeness (QED) is 0.427. The summed E-state index contributed by atoms with van der Waals surface area (Å²) in [4.78, 5) is 8.94. The molecule has 29 heavy (non-hydrogen) atoms. The minimum Gasteiger partial charge on any atom is -0.489 e. The van der Waals surface area contributed by atoms with Gasteiger partial charge in [0.25, 0.3) is 0 Å². The number of nitrogens with one attached hydrogen (secondary N) is 2. The van der Waals surface area contributed by atoms with Crippen molar-refractivity contribution in [2.75, 3.05) is 10.6 Å². The van der Waals surface area contributed by atoms with Crippen LogP contribution in [0.4, 0.5) is 17.5 Å². The van der Waals surface area contributed by atoms with Gasteiger partial charge in [0.05, 0.1) is 12.8 Å². The predicted molar refractivity (Wildman–Crippen MR) is 113 cm³/mol. The molecule has 2 N–H and O–H groups in total. The molecule has 146 valence electrons. The first-order chi connectivity index (χ1) is 14.2. The summed E-state index contributed by atoms with van der Waals surface area (Å²) >= 11 is 0. The molecule has 0 unspecified atom stereocenters. The van der Waals surface area contributed by atoms with Crippen LogP contribution < -0.4 is 15.4 Å². The fourth-order valence-corrected chi connectivity index (χ4v) is 2.81. The van der Waals surface area contributed by atoms with Gasteiger partial charge in [0.1, 0.15) is 23.9 Å². The number of hydrogen-bond donors (Lipinski definition) is 2. The van der Waals surface area contributed by atoms with Gasteiger partial charge in [0.15, 0.2) is 0 Å². The van der Waals surface area contributed by atoms with E-state index in [2.05, 4.69) is 20.6 Å². The Morgan fingerprint density at radius 3 is 2.52 bits per heavy atom. The molecular formula is C23H22N4O2. The molecule has 0 spiro atoms. The van der Waals surface area contributed by atoms with Gasteiger partial charge >= 0.3 is 0 Å². The summed E-state index contributed by atoms with van der Waals surface area (Å²) in [5, 5.41) is 6.49. The molecule has 0 radical (unpaired) electrons. The van der Waals surface area contributed by atoms with Crippen LogP contribution in [0.2, 0.25) is 0 Å². The highest BCUT2D eigenvalue weighted by molar-refractivity contribution is 5.58. The molecule has 0 atom stereocenters. The van der Waals surface area contributed by atoms with E-state index in [0.717, 1.165) is 34.3 Å². The second kappa shape index (κ2) is 8.93. The van der Waals surface area contributed by atoms with Crippen LogP contribution in [-0.4, -0.2) is 9.97 Å². The lowest BCUT2D eigenvalue weighted by Crippen LogP contribution is -2.05. The molecule has 4 rings (SSSR count). The van der Waals surface area contributed by atoms with Crippen molar-refractivity contribution < 1.29 is 9.15 Å². The maximum atomic E-state index is 5.83. The molecule has 2 aromatic carbocycles. The summed E-state index contributed by atoms with van der Waals surface area (Å²) in [7, 11) is 0. The summed E-state index contributed by atoms with van der Waals surface area (Å²) < 4.78 is 11.2. The molecule has 0 aliphatic carbocycles. The smallest absolute Gasteiger partial charge is 0.225 e. The van der Waals surface area contributed by atoms with Gasteiger partial charge in [-0.05, 0) is 48.9 Å². The van der Waals surface area contributed by atoms with E-state index in [-0.39, 0.29) is 0 Å². The monoisotopic (exact) mass is 386 g/mol. The third-order valence-electron chi connectivity index (χ3n) is 4.23. The molecule has 0 aliphatic heterocycles. The van der Waals surface area contributed by atoms with Gasteiger partial charge in [-0.25, -0.2) is 4.98 Å². The number of rotatable bonds is 8. The molecule has 0 aliphatic rings. The van der Waals surface area contributed by atoms with E-state index in [4.69, 9.17) is 9.15 Å². The Bertz CT molecular complexity index is 1030. The van der Waals surface area contributed by atoms with E-state index in [1.54, 1.807) is 6.26 Å². The third-order valence-corrected chi connectivity index (χ3v) is 4.23. The number of aromatic nitrogens is 2. The van der Waals surface area contributed by atoms with Crippen molar-refractivity contribution in [1.82, 2.24) is 9.97 Å². The normalized spacial score (nSPS) is 10.5. The molecule has 0 fully saturated rings. The second-order valence-corrected chi connectivity index (χ2v) is 6.57. The molecule has 4 aromatic rings. The molecular weight excluding hydrogens is 364 g/mol. The summed E-state index contributed by atoms with van der Waals surface area (Å²) in [5.74, 6) is 2.92. The fourth-order valence-electron chi connectivity index (χ4n) is 2.81. The Morgan fingerprint density at radius 2 is 1.76 bits per heavy atom. The van der Waals surface area contributed by atoms with Crippen LogP contribution in [0.3, 0.4) is 0 Å². The number of ether oxygens (including phenoxy) is 1. The van der Waals surface area contributed by atoms with Crippen molar-refractivity contribution in [2.24, 2.45) is 0 Å². The average Bonchev–Trinajstić information content (AvgIpc) is 3.26. The number of anilines is 3. The van der Waals surface area contributed by atoms with Crippen LogP contribution in [0.25, 0.3) is 0 Å². The van der Waals surface area contributed by atoms with E-state index < -0.39 is 0 Å². The lowest BCUT2D eigenvalue weighted by molar-refractivity contribution is 0.306. The number of benzene rings is 2. The van der Waals surface area contributed by atoms with Crippen molar-refractivity contribution in [3.8, 4) is 5.75 Å². The standard InChI is InChI=1S/C23H22N4O2/c1-17-14-22(27-23(25-17)24-15-21-8-5-13-28-21)26-19-9-11-20(12-10-19)29-16-18-6-3-2-4-7-18/h2-14H,15-16H2,1H3,(H2,24,25,26,27). The maximum Gasteiger partial charge on any atom is 0.225 e. The SMILES string of the molecule is Cc1cc(Nc2ccc(OCc3ccccc3)cc2)nc(NCc2ccco2)n1. The predicted octanol–water partition coefficient (Wildman–Crippen LogP) is 5.31. The van der Waals surface area contributed by atoms with Crippen LogP contribution in [0, 0.1) is 6.92 Å². The van der Waals surface area contributed by atoms with Crippen molar-refractivity contribution >= 4 is 17.5 Å². The number of hydrogen-bond acceptors (Lipinski definition) is 6. The van der Waals surface area contributed by atoms with Crippen LogP contribution in [0.15, 0.2) is 83.5 Å². The van der Waals surface area contributed by atoms with Crippen molar-refractivity contribution in [3.05, 3.63) is 96.1 Å². The second-order valence-electron chi connectivity index (χ2n) is 6.57. The summed E-state index contributed by atoms with van der Waals surface area (Å²) in [6, 6.07) is 23.6. The highest BCUT2D eigenvalue weighted by Crippen LogP contribution is 2.21. The lowest BCUT2D eigenvalue weighted by Gasteiger charge is -2.11. The molecule has 6 nitrogen and oxygen atoms in total. The van der Waals surface area contributed by atoms with E-state index in [0.29, 0.717) is 19.1 Å². The molecule has 2 aromatic heterocycles. The zero-order valence-corrected chi connectivity index (χ0v) is 16.1. The Morgan fingerprint density at radius 1 is 0.931 bits per heavy atom. The van der Waals surface area contributed by atoms with Gasteiger partial charge in [0.2, 0.25) is 5.95 Å². The third kappa shape index (κ3) is 5.35. The molecule has 0 amide bonds. The number of aryl methyl sites for hydroxylation is 1. The first-order valence-electron chi connectivity index (χ1n) is 9.40. The van der Waals surface area contributed by atoms with Crippen LogP contribution in [-0.2, 0) is 13.2 Å². The highest BCUT2D eigenvalue weighted by atomic mass is 16.5. The van der Waals surface area contributed by atoms with Crippen LogP contribution in [0.5, 0.6) is 5.75 Å². The first-order valence-corrected chi connectivity index (χ1v) is 9.40. The maximum absolute atomic E-state index is 5.83. The Labute approximate surface area is 169 Å². The Balaban J connectivity index is 1.37. The van der Waals surface area contributed by atoms with Crippen molar-refractivity contribution in [2.45, 2.75) is 20.1 Å². The van der Waals surface area contributed by atoms with Gasteiger partial charge in [0, 0.05) is 17.4 Å². The van der Waals surface area contributed by atoms with E-state index in [1.807, 2.05) is 79.7 Å². The number of nitrogens with zero attached hydrogens (tertiary/aromatic N) is 2. The molecule has 0 bridgehead atoms. The molecule has 0 saturated carbocycles. The van der Waals surface area contributed by atoms with E-state index in [9.17, 15) is 0 Å².